The molecule has 2 heterocycles. The smallest absolute Gasteiger partial charge is 0.254 e. The number of hydrogen-bond acceptors (Lipinski definition) is 4. The van der Waals surface area contributed by atoms with Gasteiger partial charge in [0.05, 0.1) is 22.7 Å². The van der Waals surface area contributed by atoms with Gasteiger partial charge in [-0.25, -0.2) is 0 Å². The summed E-state index contributed by atoms with van der Waals surface area (Å²) in [5.41, 5.74) is 5.48. The normalized spacial score (nSPS) is 14.7. The number of aryl methyl sites for hydroxylation is 2. The summed E-state index contributed by atoms with van der Waals surface area (Å²) in [6.45, 7) is 7.92. The lowest BCUT2D eigenvalue weighted by Crippen LogP contribution is -2.48. The van der Waals surface area contributed by atoms with E-state index in [-0.39, 0.29) is 5.91 Å². The fourth-order valence-corrected chi connectivity index (χ4v) is 3.87. The lowest BCUT2D eigenvalue weighted by atomic mass is 10.0. The van der Waals surface area contributed by atoms with Gasteiger partial charge >= 0.3 is 0 Å². The third-order valence-corrected chi connectivity index (χ3v) is 5.47. The van der Waals surface area contributed by atoms with Crippen molar-refractivity contribution in [3.05, 3.63) is 76.5 Å². The van der Waals surface area contributed by atoms with Crippen LogP contribution in [0.3, 0.4) is 0 Å². The Morgan fingerprint density at radius 2 is 1.76 bits per heavy atom. The molecule has 0 radical (unpaired) electrons. The van der Waals surface area contributed by atoms with E-state index in [2.05, 4.69) is 22.0 Å². The molecule has 0 saturated carbocycles. The quantitative estimate of drug-likeness (QED) is 0.691. The van der Waals surface area contributed by atoms with Crippen molar-refractivity contribution in [2.24, 2.45) is 0 Å². The maximum atomic E-state index is 13.3. The van der Waals surface area contributed by atoms with Crippen molar-refractivity contribution in [2.75, 3.05) is 26.2 Å². The van der Waals surface area contributed by atoms with Crippen LogP contribution in [0.5, 0.6) is 0 Å². The van der Waals surface area contributed by atoms with Crippen LogP contribution >= 0.6 is 0 Å². The molecule has 146 valence electrons. The number of benzene rings is 2. The van der Waals surface area contributed by atoms with Gasteiger partial charge in [-0.05, 0) is 49.7 Å². The Morgan fingerprint density at radius 3 is 2.45 bits per heavy atom. The molecule has 1 aliphatic heterocycles. The van der Waals surface area contributed by atoms with Crippen molar-refractivity contribution in [1.29, 1.82) is 5.26 Å². The third kappa shape index (κ3) is 4.13. The number of aromatic nitrogens is 1. The van der Waals surface area contributed by atoms with Crippen LogP contribution in [0.4, 0.5) is 0 Å². The second-order valence-electron chi connectivity index (χ2n) is 7.71. The highest BCUT2D eigenvalue weighted by Crippen LogP contribution is 2.22. The Balaban J connectivity index is 1.46. The molecule has 1 aliphatic rings. The van der Waals surface area contributed by atoms with Gasteiger partial charge in [0.1, 0.15) is 0 Å². The first-order valence-electron chi connectivity index (χ1n) is 9.92. The highest BCUT2D eigenvalue weighted by Gasteiger charge is 2.24. The van der Waals surface area contributed by atoms with Crippen LogP contribution in [0.1, 0.15) is 32.7 Å². The molecule has 1 aromatic heterocycles. The zero-order valence-electron chi connectivity index (χ0n) is 16.9. The van der Waals surface area contributed by atoms with Crippen LogP contribution in [0.15, 0.2) is 48.5 Å². The molecule has 3 aromatic rings. The predicted molar refractivity (Wildman–Crippen MR) is 114 cm³/mol. The molecule has 0 atom stereocenters. The Kier molecular flexibility index (Phi) is 5.28. The summed E-state index contributed by atoms with van der Waals surface area (Å²) in [6, 6.07) is 17.9. The summed E-state index contributed by atoms with van der Waals surface area (Å²) in [5, 5.41) is 9.85. The molecular weight excluding hydrogens is 360 g/mol. The Bertz CT molecular complexity index is 1090. The molecule has 4 rings (SSSR count). The first-order valence-corrected chi connectivity index (χ1v) is 9.92. The summed E-state index contributed by atoms with van der Waals surface area (Å²) in [7, 11) is 0. The zero-order chi connectivity index (χ0) is 20.4. The molecule has 0 unspecified atom stereocenters. The van der Waals surface area contributed by atoms with Crippen LogP contribution in [0.2, 0.25) is 0 Å². The zero-order valence-corrected chi connectivity index (χ0v) is 16.9. The number of carbonyl (C=O) groups excluding carboxylic acids is 1. The number of carbonyl (C=O) groups is 1. The van der Waals surface area contributed by atoms with E-state index in [0.717, 1.165) is 47.4 Å². The van der Waals surface area contributed by atoms with E-state index in [9.17, 15) is 4.79 Å². The topological polar surface area (TPSA) is 60.2 Å². The minimum Gasteiger partial charge on any atom is -0.336 e. The van der Waals surface area contributed by atoms with Crippen LogP contribution in [0, 0.1) is 25.2 Å². The van der Waals surface area contributed by atoms with Gasteiger partial charge in [-0.2, -0.15) is 5.26 Å². The van der Waals surface area contributed by atoms with Crippen LogP contribution in [-0.4, -0.2) is 46.9 Å². The van der Waals surface area contributed by atoms with E-state index in [4.69, 9.17) is 5.26 Å². The number of amides is 1. The Labute approximate surface area is 171 Å². The van der Waals surface area contributed by atoms with Crippen molar-refractivity contribution in [3.63, 3.8) is 0 Å². The maximum absolute atomic E-state index is 13.3. The van der Waals surface area contributed by atoms with E-state index in [1.165, 1.54) is 5.56 Å². The first-order chi connectivity index (χ1) is 14.0. The molecular formula is C24H24N4O. The highest BCUT2D eigenvalue weighted by molar-refractivity contribution is 6.06. The van der Waals surface area contributed by atoms with E-state index in [0.29, 0.717) is 18.7 Å². The highest BCUT2D eigenvalue weighted by atomic mass is 16.2. The van der Waals surface area contributed by atoms with E-state index < -0.39 is 0 Å². The number of pyridine rings is 1. The number of hydrogen-bond donors (Lipinski definition) is 0. The van der Waals surface area contributed by atoms with Crippen LogP contribution in [0.25, 0.3) is 10.9 Å². The van der Waals surface area contributed by atoms with Gasteiger partial charge < -0.3 is 4.90 Å². The monoisotopic (exact) mass is 384 g/mol. The Hall–Kier alpha value is -3.23. The minimum atomic E-state index is 0.0872. The van der Waals surface area contributed by atoms with Gasteiger partial charge in [-0.1, -0.05) is 23.8 Å². The average molecular weight is 384 g/mol. The fraction of sp³-hybridized carbons (Fsp3) is 0.292. The predicted octanol–water partition coefficient (Wildman–Crippen LogP) is 3.68. The van der Waals surface area contributed by atoms with E-state index >= 15 is 0 Å². The van der Waals surface area contributed by atoms with Crippen LogP contribution < -0.4 is 0 Å². The van der Waals surface area contributed by atoms with Crippen LogP contribution in [-0.2, 0) is 6.54 Å². The number of piperazine rings is 1. The number of nitrogens with zero attached hydrogens (tertiary/aromatic N) is 4. The summed E-state index contributed by atoms with van der Waals surface area (Å²) >= 11 is 0. The second-order valence-corrected chi connectivity index (χ2v) is 7.71. The van der Waals surface area contributed by atoms with E-state index in [1.807, 2.05) is 61.2 Å². The fourth-order valence-electron chi connectivity index (χ4n) is 3.87. The average Bonchev–Trinajstić information content (AvgIpc) is 2.74. The largest absolute Gasteiger partial charge is 0.336 e. The number of fused-ring (bicyclic) bond motifs is 1. The summed E-state index contributed by atoms with van der Waals surface area (Å²) in [6.07, 6.45) is 0. The standard InChI is InChI=1S/C24H24N4O/c1-17-3-8-23-21(13-17)22(14-18(2)26-23)24(29)28-11-9-27(10-12-28)16-20-6-4-19(15-25)5-7-20/h3-8,13-14H,9-12,16H2,1-2H3. The van der Waals surface area contributed by atoms with Gasteiger partial charge in [-0.15, -0.1) is 0 Å². The molecule has 0 aliphatic carbocycles. The summed E-state index contributed by atoms with van der Waals surface area (Å²) in [4.78, 5) is 22.1. The van der Waals surface area contributed by atoms with Crippen molar-refractivity contribution in [3.8, 4) is 6.07 Å². The van der Waals surface area contributed by atoms with Gasteiger partial charge in [0.25, 0.3) is 5.91 Å². The molecule has 1 saturated heterocycles. The molecule has 0 spiro atoms. The van der Waals surface area contributed by atoms with Crippen molar-refractivity contribution >= 4 is 16.8 Å². The third-order valence-electron chi connectivity index (χ3n) is 5.47. The van der Waals surface area contributed by atoms with E-state index in [1.54, 1.807) is 0 Å². The molecule has 5 nitrogen and oxygen atoms in total. The molecule has 29 heavy (non-hydrogen) atoms. The molecule has 2 aromatic carbocycles. The van der Waals surface area contributed by atoms with Crippen molar-refractivity contribution < 1.29 is 4.79 Å². The molecule has 0 N–H and O–H groups in total. The maximum Gasteiger partial charge on any atom is 0.254 e. The summed E-state index contributed by atoms with van der Waals surface area (Å²) < 4.78 is 0. The minimum absolute atomic E-state index is 0.0872. The SMILES string of the molecule is Cc1ccc2nc(C)cc(C(=O)N3CCN(Cc4ccc(C#N)cc4)CC3)c2c1. The van der Waals surface area contributed by atoms with Gasteiger partial charge in [0.2, 0.25) is 0 Å². The second kappa shape index (κ2) is 8.02. The lowest BCUT2D eigenvalue weighted by Gasteiger charge is -2.35. The molecule has 1 amide bonds. The first kappa shape index (κ1) is 19.1. The molecule has 1 fully saturated rings. The van der Waals surface area contributed by atoms with Gasteiger partial charge in [0, 0.05) is 43.8 Å². The van der Waals surface area contributed by atoms with Gasteiger partial charge in [0.15, 0.2) is 0 Å². The van der Waals surface area contributed by atoms with Crippen molar-refractivity contribution in [2.45, 2.75) is 20.4 Å². The Morgan fingerprint density at radius 1 is 1.03 bits per heavy atom. The lowest BCUT2D eigenvalue weighted by molar-refractivity contribution is 0.0630. The molecule has 5 heteroatoms. The number of nitriles is 1. The molecule has 0 bridgehead atoms. The van der Waals surface area contributed by atoms with Crippen molar-refractivity contribution in [1.82, 2.24) is 14.8 Å². The van der Waals surface area contributed by atoms with Gasteiger partial charge in [-0.3, -0.25) is 14.7 Å². The summed E-state index contributed by atoms with van der Waals surface area (Å²) in [5.74, 6) is 0.0872. The number of rotatable bonds is 3.